The van der Waals surface area contributed by atoms with E-state index in [4.69, 9.17) is 5.11 Å². The Labute approximate surface area is 256 Å². The molecule has 0 bridgehead atoms. The number of unbranched alkanes of at least 4 members (excludes halogenated alkanes) is 1. The van der Waals surface area contributed by atoms with Crippen molar-refractivity contribution in [3.8, 4) is 11.4 Å². The number of hydrogen-bond donors (Lipinski definition) is 6. The number of anilines is 1. The predicted molar refractivity (Wildman–Crippen MR) is 166 cm³/mol. The second kappa shape index (κ2) is 17.2. The summed E-state index contributed by atoms with van der Waals surface area (Å²) >= 11 is 0. The van der Waals surface area contributed by atoms with Crippen LogP contribution in [0.5, 0.6) is 0 Å². The van der Waals surface area contributed by atoms with Gasteiger partial charge in [0.2, 0.25) is 5.91 Å². The molecule has 236 valence electrons. The van der Waals surface area contributed by atoms with Gasteiger partial charge in [0.25, 0.3) is 5.91 Å². The SMILES string of the molecule is CCCCC(=O)O.O=C(NC(CP(=O)(O)O)C(=O)N1CCNCC1)c1cc(NCc2ccccc2)nc(-c2ccccc2)n1. The number of nitrogens with one attached hydrogen (secondary N) is 3. The fraction of sp³-hybridized carbons (Fsp3) is 0.367. The third-order valence-corrected chi connectivity index (χ3v) is 7.34. The van der Waals surface area contributed by atoms with Crippen molar-refractivity contribution in [2.45, 2.75) is 38.8 Å². The van der Waals surface area contributed by atoms with Gasteiger partial charge in [-0.15, -0.1) is 0 Å². The molecule has 0 saturated carbocycles. The maximum atomic E-state index is 13.3. The Morgan fingerprint density at radius 3 is 2.20 bits per heavy atom. The van der Waals surface area contributed by atoms with Crippen LogP contribution in [0.25, 0.3) is 11.4 Å². The minimum Gasteiger partial charge on any atom is -0.481 e. The van der Waals surface area contributed by atoms with E-state index in [0.29, 0.717) is 56.4 Å². The second-order valence-electron chi connectivity index (χ2n) is 10.1. The van der Waals surface area contributed by atoms with Crippen LogP contribution in [0.4, 0.5) is 5.82 Å². The largest absolute Gasteiger partial charge is 0.481 e. The molecular weight excluding hydrogens is 587 g/mol. The number of piperazine rings is 1. The van der Waals surface area contributed by atoms with Crippen LogP contribution in [-0.4, -0.2) is 85.9 Å². The lowest BCUT2D eigenvalue weighted by Crippen LogP contribution is -2.55. The molecule has 1 unspecified atom stereocenters. The number of carbonyl (C=O) groups is 3. The molecule has 2 amide bonds. The molecule has 1 aliphatic rings. The average molecular weight is 627 g/mol. The standard InChI is InChI=1S/C25H29N6O5P.C5H10O2/c32-24(29-21(17-37(34,35)36)25(33)31-13-11-26-12-14-31)20-15-22(27-16-18-7-3-1-4-8-18)30-23(28-20)19-9-5-2-6-10-19;1-2-3-4-5(6)7/h1-10,15,21,26H,11-14,16-17H2,(H,29,32)(H,27,28,30)(H2,34,35,36);2-4H2,1H3,(H,6,7). The first-order valence-corrected chi connectivity index (χ1v) is 16.1. The van der Waals surface area contributed by atoms with Crippen molar-refractivity contribution in [3.63, 3.8) is 0 Å². The molecule has 0 aliphatic carbocycles. The highest BCUT2D eigenvalue weighted by molar-refractivity contribution is 7.51. The summed E-state index contributed by atoms with van der Waals surface area (Å²) in [6.45, 7) is 4.31. The van der Waals surface area contributed by atoms with Crippen molar-refractivity contribution >= 4 is 31.2 Å². The number of amides is 2. The van der Waals surface area contributed by atoms with Crippen LogP contribution in [0, 0.1) is 0 Å². The Hall–Kier alpha value is -4.16. The predicted octanol–water partition coefficient (Wildman–Crippen LogP) is 2.72. The molecule has 6 N–H and O–H groups in total. The van der Waals surface area contributed by atoms with Crippen molar-refractivity contribution in [2.24, 2.45) is 0 Å². The Bertz CT molecular complexity index is 1420. The van der Waals surface area contributed by atoms with Crippen LogP contribution >= 0.6 is 7.60 Å². The van der Waals surface area contributed by atoms with Gasteiger partial charge >= 0.3 is 13.6 Å². The van der Waals surface area contributed by atoms with Gasteiger partial charge in [-0.05, 0) is 12.0 Å². The lowest BCUT2D eigenvalue weighted by atomic mass is 10.2. The molecule has 44 heavy (non-hydrogen) atoms. The van der Waals surface area contributed by atoms with Gasteiger partial charge in [-0.1, -0.05) is 74.0 Å². The molecule has 1 aromatic heterocycles. The van der Waals surface area contributed by atoms with Crippen molar-refractivity contribution in [3.05, 3.63) is 78.0 Å². The summed E-state index contributed by atoms with van der Waals surface area (Å²) in [5.74, 6) is -1.28. The molecular formula is C30H39N6O7P. The van der Waals surface area contributed by atoms with Gasteiger partial charge in [-0.2, -0.15) is 0 Å². The minimum atomic E-state index is -4.61. The maximum Gasteiger partial charge on any atom is 0.328 e. The minimum absolute atomic E-state index is 0.0340. The van der Waals surface area contributed by atoms with E-state index in [9.17, 15) is 28.7 Å². The summed E-state index contributed by atoms with van der Waals surface area (Å²) < 4.78 is 11.8. The quantitative estimate of drug-likeness (QED) is 0.162. The molecule has 13 nitrogen and oxygen atoms in total. The lowest BCUT2D eigenvalue weighted by molar-refractivity contribution is -0.137. The highest BCUT2D eigenvalue weighted by Crippen LogP contribution is 2.35. The number of rotatable bonds is 12. The van der Waals surface area contributed by atoms with Gasteiger partial charge in [-0.25, -0.2) is 9.97 Å². The maximum absolute atomic E-state index is 13.3. The summed E-state index contributed by atoms with van der Waals surface area (Å²) in [5, 5.41) is 16.9. The number of nitrogens with zero attached hydrogens (tertiary/aromatic N) is 3. The van der Waals surface area contributed by atoms with E-state index in [1.165, 1.54) is 11.0 Å². The zero-order chi connectivity index (χ0) is 32.0. The van der Waals surface area contributed by atoms with Crippen molar-refractivity contribution in [1.29, 1.82) is 0 Å². The Balaban J connectivity index is 0.000000676. The zero-order valence-corrected chi connectivity index (χ0v) is 25.5. The van der Waals surface area contributed by atoms with Crippen LogP contribution in [0.1, 0.15) is 42.2 Å². The second-order valence-corrected chi connectivity index (χ2v) is 11.8. The normalized spacial score (nSPS) is 13.7. The number of carboxylic acid groups (broad SMARTS) is 1. The highest BCUT2D eigenvalue weighted by atomic mass is 31.2. The molecule has 14 heteroatoms. The summed E-state index contributed by atoms with van der Waals surface area (Å²) in [5.41, 5.74) is 1.66. The molecule has 1 fully saturated rings. The molecule has 2 heterocycles. The highest BCUT2D eigenvalue weighted by Gasteiger charge is 2.33. The topological polar surface area (TPSA) is 194 Å². The fourth-order valence-corrected chi connectivity index (χ4v) is 4.97. The van der Waals surface area contributed by atoms with Gasteiger partial charge < -0.3 is 35.7 Å². The Kier molecular flexibility index (Phi) is 13.4. The fourth-order valence-electron chi connectivity index (χ4n) is 4.25. The first-order valence-electron chi connectivity index (χ1n) is 14.3. The molecule has 1 saturated heterocycles. The van der Waals surface area contributed by atoms with Gasteiger partial charge in [0.1, 0.15) is 17.6 Å². The molecule has 0 radical (unpaired) electrons. The Morgan fingerprint density at radius 1 is 1.00 bits per heavy atom. The van der Waals surface area contributed by atoms with Crippen molar-refractivity contribution in [2.75, 3.05) is 37.7 Å². The summed E-state index contributed by atoms with van der Waals surface area (Å²) in [7, 11) is -4.61. The van der Waals surface area contributed by atoms with E-state index in [1.54, 1.807) is 0 Å². The number of benzene rings is 2. The van der Waals surface area contributed by atoms with E-state index >= 15 is 0 Å². The lowest BCUT2D eigenvalue weighted by Gasteiger charge is -2.31. The molecule has 2 aromatic carbocycles. The molecule has 3 aromatic rings. The van der Waals surface area contributed by atoms with E-state index < -0.39 is 37.6 Å². The zero-order valence-electron chi connectivity index (χ0n) is 24.6. The third-order valence-electron chi connectivity index (χ3n) is 6.50. The van der Waals surface area contributed by atoms with Crippen LogP contribution in [0.3, 0.4) is 0 Å². The van der Waals surface area contributed by atoms with Gasteiger partial charge in [0, 0.05) is 50.8 Å². The number of aromatic nitrogens is 2. The monoisotopic (exact) mass is 626 g/mol. The molecule has 4 rings (SSSR count). The van der Waals surface area contributed by atoms with Crippen molar-refractivity contribution in [1.82, 2.24) is 25.5 Å². The number of carboxylic acids is 1. The number of carbonyl (C=O) groups excluding carboxylic acids is 2. The third kappa shape index (κ3) is 11.8. The van der Waals surface area contributed by atoms with Gasteiger partial charge in [0.15, 0.2) is 5.82 Å². The van der Waals surface area contributed by atoms with Crippen LogP contribution in [-0.2, 0) is 20.7 Å². The molecule has 1 atom stereocenters. The van der Waals surface area contributed by atoms with Crippen LogP contribution in [0.15, 0.2) is 66.7 Å². The smallest absolute Gasteiger partial charge is 0.328 e. The molecule has 1 aliphatic heterocycles. The number of aliphatic carboxylic acids is 1. The Morgan fingerprint density at radius 2 is 1.64 bits per heavy atom. The first-order chi connectivity index (χ1) is 21.1. The van der Waals surface area contributed by atoms with Gasteiger partial charge in [-0.3, -0.25) is 18.9 Å². The molecule has 0 spiro atoms. The summed E-state index contributed by atoms with van der Waals surface area (Å²) in [6, 6.07) is 18.8. The van der Waals surface area contributed by atoms with Crippen molar-refractivity contribution < 1.29 is 33.8 Å². The summed E-state index contributed by atoms with van der Waals surface area (Å²) in [4.78, 5) is 65.6. The number of hydrogen-bond acceptors (Lipinski definition) is 8. The van der Waals surface area contributed by atoms with E-state index in [2.05, 4.69) is 25.9 Å². The van der Waals surface area contributed by atoms with E-state index in [-0.39, 0.29) is 5.69 Å². The van der Waals surface area contributed by atoms with Gasteiger partial charge in [0.05, 0.1) is 6.16 Å². The first kappa shape index (κ1) is 34.3. The van der Waals surface area contributed by atoms with Crippen LogP contribution in [0.2, 0.25) is 0 Å². The average Bonchev–Trinajstić information content (AvgIpc) is 3.03. The van der Waals surface area contributed by atoms with E-state index in [0.717, 1.165) is 18.4 Å². The summed E-state index contributed by atoms with van der Waals surface area (Å²) in [6.07, 6.45) is 1.27. The van der Waals surface area contributed by atoms with E-state index in [1.807, 2.05) is 67.6 Å². The van der Waals surface area contributed by atoms with Crippen LogP contribution < -0.4 is 16.0 Å².